The van der Waals surface area contributed by atoms with Crippen molar-refractivity contribution in [2.45, 2.75) is 12.8 Å². The van der Waals surface area contributed by atoms with Crippen molar-refractivity contribution in [2.75, 3.05) is 25.0 Å². The van der Waals surface area contributed by atoms with Crippen LogP contribution in [-0.4, -0.2) is 31.0 Å². The van der Waals surface area contributed by atoms with Gasteiger partial charge < -0.3 is 16.0 Å². The lowest BCUT2D eigenvalue weighted by atomic mass is 9.95. The average Bonchev–Trinajstić information content (AvgIpc) is 2.49. The summed E-state index contributed by atoms with van der Waals surface area (Å²) in [6.45, 7) is 1.00. The minimum Gasteiger partial charge on any atom is -0.389 e. The van der Waals surface area contributed by atoms with Crippen LogP contribution in [0.15, 0.2) is 12.1 Å². The van der Waals surface area contributed by atoms with E-state index in [2.05, 4.69) is 17.5 Å². The lowest BCUT2D eigenvalue weighted by molar-refractivity contribution is -0.125. The van der Waals surface area contributed by atoms with Crippen molar-refractivity contribution in [1.29, 1.82) is 0 Å². The normalized spacial score (nSPS) is 15.9. The number of piperidine rings is 1. The molecule has 0 saturated carbocycles. The fraction of sp³-hybridized carbons (Fsp3) is 0.429. The zero-order valence-electron chi connectivity index (χ0n) is 11.7. The summed E-state index contributed by atoms with van der Waals surface area (Å²) in [4.78, 5) is 13.1. The van der Waals surface area contributed by atoms with Crippen LogP contribution < -0.4 is 16.0 Å². The van der Waals surface area contributed by atoms with Gasteiger partial charge in [0, 0.05) is 31.6 Å². The largest absolute Gasteiger partial charge is 0.389 e. The van der Waals surface area contributed by atoms with E-state index in [9.17, 15) is 13.6 Å². The number of nitrogens with two attached hydrogens (primary N) is 1. The van der Waals surface area contributed by atoms with Crippen LogP contribution in [0, 0.1) is 17.6 Å². The first kappa shape index (κ1) is 15.6. The maximum Gasteiger partial charge on any atom is 0.222 e. The zero-order chi connectivity index (χ0) is 15.6. The second kappa shape index (κ2) is 6.34. The summed E-state index contributed by atoms with van der Waals surface area (Å²) in [6.07, 6.45) is 1.22. The van der Waals surface area contributed by atoms with E-state index in [1.807, 2.05) is 0 Å². The molecule has 0 bridgehead atoms. The van der Waals surface area contributed by atoms with E-state index in [-0.39, 0.29) is 28.1 Å². The number of carbonyl (C=O) groups is 1. The van der Waals surface area contributed by atoms with E-state index >= 15 is 0 Å². The Balaban J connectivity index is 2.16. The molecule has 4 nitrogen and oxygen atoms in total. The summed E-state index contributed by atoms with van der Waals surface area (Å²) in [6, 6.07) is 2.87. The van der Waals surface area contributed by atoms with E-state index in [0.29, 0.717) is 25.9 Å². The van der Waals surface area contributed by atoms with Gasteiger partial charge in [0.05, 0.1) is 5.69 Å². The van der Waals surface area contributed by atoms with E-state index in [1.165, 1.54) is 12.1 Å². The van der Waals surface area contributed by atoms with Crippen LogP contribution in [0.3, 0.4) is 0 Å². The summed E-state index contributed by atoms with van der Waals surface area (Å²) < 4.78 is 28.0. The van der Waals surface area contributed by atoms with E-state index in [4.69, 9.17) is 5.73 Å². The Morgan fingerprint density at radius 2 is 1.95 bits per heavy atom. The predicted molar refractivity (Wildman–Crippen MR) is 81.2 cm³/mol. The number of anilines is 1. The third-order valence-corrected chi connectivity index (χ3v) is 4.00. The molecule has 3 N–H and O–H groups in total. The average molecular weight is 313 g/mol. The van der Waals surface area contributed by atoms with Gasteiger partial charge in [-0.3, -0.25) is 4.79 Å². The molecule has 0 aliphatic carbocycles. The molecule has 1 fully saturated rings. The molecular weight excluding hydrogens is 296 g/mol. The number of nitrogens with one attached hydrogen (secondary N) is 1. The molecule has 1 aromatic rings. The summed E-state index contributed by atoms with van der Waals surface area (Å²) in [5, 5.41) is 2.61. The van der Waals surface area contributed by atoms with E-state index < -0.39 is 11.6 Å². The first-order valence-corrected chi connectivity index (χ1v) is 7.11. The maximum absolute atomic E-state index is 14.1. The number of hydrogen-bond donors (Lipinski definition) is 2. The van der Waals surface area contributed by atoms with Gasteiger partial charge in [0.2, 0.25) is 5.91 Å². The molecule has 7 heteroatoms. The van der Waals surface area contributed by atoms with Gasteiger partial charge >= 0.3 is 0 Å². The summed E-state index contributed by atoms with van der Waals surface area (Å²) >= 11 is 4.68. The third kappa shape index (κ3) is 3.12. The number of rotatable bonds is 3. The van der Waals surface area contributed by atoms with E-state index in [0.717, 1.165) is 0 Å². The smallest absolute Gasteiger partial charge is 0.222 e. The number of benzene rings is 1. The fourth-order valence-corrected chi connectivity index (χ4v) is 2.72. The van der Waals surface area contributed by atoms with Crippen LogP contribution in [-0.2, 0) is 4.79 Å². The molecule has 0 atom stereocenters. The monoisotopic (exact) mass is 313 g/mol. The number of thiocarbonyl (C=S) groups is 1. The Hall–Kier alpha value is -1.76. The Kier molecular flexibility index (Phi) is 4.72. The second-order valence-electron chi connectivity index (χ2n) is 5.00. The van der Waals surface area contributed by atoms with Crippen LogP contribution in [0.5, 0.6) is 0 Å². The molecule has 0 radical (unpaired) electrons. The first-order valence-electron chi connectivity index (χ1n) is 6.70. The van der Waals surface area contributed by atoms with Gasteiger partial charge in [0.15, 0.2) is 11.6 Å². The van der Waals surface area contributed by atoms with Gasteiger partial charge in [-0.1, -0.05) is 12.2 Å². The van der Waals surface area contributed by atoms with Crippen molar-refractivity contribution in [2.24, 2.45) is 11.7 Å². The molecule has 114 valence electrons. The van der Waals surface area contributed by atoms with E-state index in [1.54, 1.807) is 11.9 Å². The molecule has 1 heterocycles. The topological polar surface area (TPSA) is 58.4 Å². The summed E-state index contributed by atoms with van der Waals surface area (Å²) in [7, 11) is 1.60. The Bertz CT molecular complexity index is 572. The minimum atomic E-state index is -1.02. The molecule has 0 unspecified atom stereocenters. The molecule has 0 aromatic heterocycles. The number of nitrogens with zero attached hydrogens (tertiary/aromatic N) is 1. The van der Waals surface area contributed by atoms with Crippen LogP contribution >= 0.6 is 12.2 Å². The molecule has 2 rings (SSSR count). The number of amides is 1. The second-order valence-corrected chi connectivity index (χ2v) is 5.44. The fourth-order valence-electron chi connectivity index (χ4n) is 2.56. The Labute approximate surface area is 127 Å². The van der Waals surface area contributed by atoms with Gasteiger partial charge in [0.1, 0.15) is 4.99 Å². The lowest BCUT2D eigenvalue weighted by Crippen LogP contribution is -2.40. The molecule has 1 aromatic carbocycles. The maximum atomic E-state index is 14.1. The van der Waals surface area contributed by atoms with Crippen molar-refractivity contribution in [3.8, 4) is 0 Å². The van der Waals surface area contributed by atoms with Gasteiger partial charge in [-0.2, -0.15) is 0 Å². The van der Waals surface area contributed by atoms with Crippen LogP contribution in [0.2, 0.25) is 0 Å². The lowest BCUT2D eigenvalue weighted by Gasteiger charge is -2.33. The highest BCUT2D eigenvalue weighted by molar-refractivity contribution is 7.80. The van der Waals surface area contributed by atoms with Gasteiger partial charge in [-0.05, 0) is 25.0 Å². The summed E-state index contributed by atoms with van der Waals surface area (Å²) in [5.74, 6) is -2.05. The predicted octanol–water partition coefficient (Wildman–Crippen LogP) is 1.56. The molecule has 1 amide bonds. The van der Waals surface area contributed by atoms with Crippen LogP contribution in [0.4, 0.5) is 14.5 Å². The Morgan fingerprint density at radius 1 is 1.33 bits per heavy atom. The highest BCUT2D eigenvalue weighted by Gasteiger charge is 2.27. The highest BCUT2D eigenvalue weighted by Crippen LogP contribution is 2.28. The molecule has 1 aliphatic rings. The molecule has 1 saturated heterocycles. The van der Waals surface area contributed by atoms with Crippen LogP contribution in [0.1, 0.15) is 18.4 Å². The standard InChI is InChI=1S/C14H17F2N3OS/c1-18-14(20)8-4-6-19(7-5-8)10-3-2-9(13(17)21)11(15)12(10)16/h2-3,8H,4-7H2,1H3,(H2,17,21)(H,18,20). The number of halogens is 2. The quantitative estimate of drug-likeness (QED) is 0.832. The van der Waals surface area contributed by atoms with Crippen molar-refractivity contribution in [3.05, 3.63) is 29.3 Å². The third-order valence-electron chi connectivity index (χ3n) is 3.78. The zero-order valence-corrected chi connectivity index (χ0v) is 12.5. The van der Waals surface area contributed by atoms with Gasteiger partial charge in [-0.15, -0.1) is 0 Å². The SMILES string of the molecule is CNC(=O)C1CCN(c2ccc(C(N)=S)c(F)c2F)CC1. The number of carbonyl (C=O) groups excluding carboxylic acids is 1. The molecule has 21 heavy (non-hydrogen) atoms. The number of hydrogen-bond acceptors (Lipinski definition) is 3. The first-order chi connectivity index (χ1) is 9.95. The Morgan fingerprint density at radius 3 is 2.48 bits per heavy atom. The minimum absolute atomic E-state index is 0.00914. The highest BCUT2D eigenvalue weighted by atomic mass is 32.1. The van der Waals surface area contributed by atoms with Crippen molar-refractivity contribution >= 4 is 28.8 Å². The van der Waals surface area contributed by atoms with Gasteiger partial charge in [0.25, 0.3) is 0 Å². The summed E-state index contributed by atoms with van der Waals surface area (Å²) in [5.41, 5.74) is 5.44. The van der Waals surface area contributed by atoms with Gasteiger partial charge in [-0.25, -0.2) is 8.78 Å². The molecular formula is C14H17F2N3OS. The molecule has 0 spiro atoms. The molecule has 1 aliphatic heterocycles. The van der Waals surface area contributed by atoms with Crippen molar-refractivity contribution in [3.63, 3.8) is 0 Å². The van der Waals surface area contributed by atoms with Crippen molar-refractivity contribution < 1.29 is 13.6 Å². The van der Waals surface area contributed by atoms with Crippen LogP contribution in [0.25, 0.3) is 0 Å². The van der Waals surface area contributed by atoms with Crippen molar-refractivity contribution in [1.82, 2.24) is 5.32 Å².